The van der Waals surface area contributed by atoms with Gasteiger partial charge in [0.25, 0.3) is 5.56 Å². The molecular formula is C13H13N3O. The monoisotopic (exact) mass is 227 g/mol. The second-order valence-corrected chi connectivity index (χ2v) is 4.47. The van der Waals surface area contributed by atoms with E-state index in [2.05, 4.69) is 23.0 Å². The van der Waals surface area contributed by atoms with Gasteiger partial charge in [-0.25, -0.2) is 4.98 Å². The van der Waals surface area contributed by atoms with Crippen LogP contribution >= 0.6 is 0 Å². The van der Waals surface area contributed by atoms with Gasteiger partial charge in [-0.3, -0.25) is 9.20 Å². The van der Waals surface area contributed by atoms with Crippen molar-refractivity contribution in [3.63, 3.8) is 0 Å². The maximum Gasteiger partial charge on any atom is 0.292 e. The summed E-state index contributed by atoms with van der Waals surface area (Å²) in [4.78, 5) is 18.9. The van der Waals surface area contributed by atoms with Gasteiger partial charge in [-0.1, -0.05) is 0 Å². The molecule has 0 spiro atoms. The maximum atomic E-state index is 11.9. The molecule has 0 aliphatic rings. The Bertz CT molecular complexity index is 796. The number of nitrogens with zero attached hydrogens (tertiary/aromatic N) is 2. The molecule has 0 aliphatic carbocycles. The number of aromatic nitrogens is 3. The lowest BCUT2D eigenvalue weighted by Gasteiger charge is -2.07. The summed E-state index contributed by atoms with van der Waals surface area (Å²) in [5, 5.41) is 0. The molecule has 0 aliphatic heterocycles. The van der Waals surface area contributed by atoms with Crippen LogP contribution in [-0.4, -0.2) is 14.4 Å². The molecular weight excluding hydrogens is 214 g/mol. The van der Waals surface area contributed by atoms with E-state index < -0.39 is 0 Å². The first-order chi connectivity index (χ1) is 8.08. The molecule has 1 N–H and O–H groups in total. The normalized spacial score (nSPS) is 11.5. The predicted octanol–water partition coefficient (Wildman–Crippen LogP) is 2.10. The van der Waals surface area contributed by atoms with Gasteiger partial charge in [0.15, 0.2) is 0 Å². The third kappa shape index (κ3) is 1.30. The van der Waals surface area contributed by atoms with Crippen molar-refractivity contribution in [3.05, 3.63) is 45.5 Å². The number of hydrogen-bond acceptors (Lipinski definition) is 2. The second-order valence-electron chi connectivity index (χ2n) is 4.47. The van der Waals surface area contributed by atoms with Crippen LogP contribution in [0, 0.1) is 20.8 Å². The van der Waals surface area contributed by atoms with E-state index in [1.807, 2.05) is 24.3 Å². The van der Waals surface area contributed by atoms with E-state index in [4.69, 9.17) is 0 Å². The van der Waals surface area contributed by atoms with Crippen LogP contribution in [-0.2, 0) is 0 Å². The van der Waals surface area contributed by atoms with Crippen LogP contribution in [0.25, 0.3) is 16.7 Å². The average Bonchev–Trinajstić information content (AvgIpc) is 2.65. The summed E-state index contributed by atoms with van der Waals surface area (Å²) in [7, 11) is 0. The number of H-pyrrole nitrogens is 1. The lowest BCUT2D eigenvalue weighted by molar-refractivity contribution is 1.11. The van der Waals surface area contributed by atoms with Crippen LogP contribution in [0.4, 0.5) is 0 Å². The second kappa shape index (κ2) is 3.20. The van der Waals surface area contributed by atoms with Gasteiger partial charge < -0.3 is 4.98 Å². The zero-order chi connectivity index (χ0) is 12.2. The first-order valence-electron chi connectivity index (χ1n) is 5.55. The van der Waals surface area contributed by atoms with E-state index in [0.717, 1.165) is 16.7 Å². The Kier molecular flexibility index (Phi) is 1.90. The van der Waals surface area contributed by atoms with Gasteiger partial charge in [0.2, 0.25) is 5.65 Å². The number of rotatable bonds is 0. The summed E-state index contributed by atoms with van der Waals surface area (Å²) in [5.41, 5.74) is 5.51. The summed E-state index contributed by atoms with van der Waals surface area (Å²) in [6.45, 7) is 6.06. The minimum absolute atomic E-state index is 0.145. The minimum Gasteiger partial charge on any atom is -0.317 e. The molecule has 0 radical (unpaired) electrons. The fourth-order valence-electron chi connectivity index (χ4n) is 2.17. The van der Waals surface area contributed by atoms with E-state index in [-0.39, 0.29) is 5.56 Å². The van der Waals surface area contributed by atoms with Gasteiger partial charge in [0.05, 0.1) is 11.0 Å². The molecule has 86 valence electrons. The van der Waals surface area contributed by atoms with E-state index in [9.17, 15) is 4.79 Å². The van der Waals surface area contributed by atoms with E-state index in [1.54, 1.807) is 6.20 Å². The molecule has 3 rings (SSSR count). The molecule has 0 saturated heterocycles. The van der Waals surface area contributed by atoms with E-state index in [1.165, 1.54) is 11.1 Å². The summed E-state index contributed by atoms with van der Waals surface area (Å²) in [5.74, 6) is 0. The average molecular weight is 227 g/mol. The van der Waals surface area contributed by atoms with Crippen LogP contribution in [0.2, 0.25) is 0 Å². The fourth-order valence-corrected chi connectivity index (χ4v) is 2.17. The Morgan fingerprint density at radius 1 is 1.18 bits per heavy atom. The number of imidazole rings is 1. The van der Waals surface area contributed by atoms with Crippen molar-refractivity contribution >= 4 is 16.7 Å². The van der Waals surface area contributed by atoms with Gasteiger partial charge in [-0.05, 0) is 44.0 Å². The molecule has 1 aromatic carbocycles. The smallest absolute Gasteiger partial charge is 0.292 e. The Morgan fingerprint density at radius 2 is 1.88 bits per heavy atom. The number of aromatic amines is 1. The first kappa shape index (κ1) is 10.1. The SMILES string of the molecule is Cc1cc2[nH]c(=O)c3ncc(C)n3c2cc1C. The van der Waals surface area contributed by atoms with Crippen LogP contribution in [0.15, 0.2) is 23.1 Å². The van der Waals surface area contributed by atoms with Gasteiger partial charge in [-0.15, -0.1) is 0 Å². The van der Waals surface area contributed by atoms with E-state index in [0.29, 0.717) is 5.65 Å². The molecule has 4 nitrogen and oxygen atoms in total. The van der Waals surface area contributed by atoms with Crippen molar-refractivity contribution in [2.45, 2.75) is 20.8 Å². The molecule has 2 aromatic heterocycles. The van der Waals surface area contributed by atoms with Crippen LogP contribution in [0.5, 0.6) is 0 Å². The van der Waals surface area contributed by atoms with Crippen LogP contribution in [0.3, 0.4) is 0 Å². The summed E-state index contributed by atoms with van der Waals surface area (Å²) in [6.07, 6.45) is 1.72. The molecule has 0 bridgehead atoms. The largest absolute Gasteiger partial charge is 0.317 e. The molecule has 0 amide bonds. The van der Waals surface area contributed by atoms with Crippen molar-refractivity contribution in [2.24, 2.45) is 0 Å². The molecule has 17 heavy (non-hydrogen) atoms. The molecule has 3 aromatic rings. The van der Waals surface area contributed by atoms with Crippen molar-refractivity contribution in [2.75, 3.05) is 0 Å². The highest BCUT2D eigenvalue weighted by Gasteiger charge is 2.09. The quantitative estimate of drug-likeness (QED) is 0.639. The summed E-state index contributed by atoms with van der Waals surface area (Å²) in [6, 6.07) is 4.09. The third-order valence-corrected chi connectivity index (χ3v) is 3.24. The van der Waals surface area contributed by atoms with Crippen LogP contribution < -0.4 is 5.56 Å². The molecule has 4 heteroatoms. The standard InChI is InChI=1S/C13H13N3O/c1-7-4-10-11(5-8(7)2)16-9(3)6-14-12(16)13(17)15-10/h4-6H,1-3H3,(H,15,17). The predicted molar refractivity (Wildman–Crippen MR) is 67.5 cm³/mol. The highest BCUT2D eigenvalue weighted by molar-refractivity contribution is 5.79. The topological polar surface area (TPSA) is 50.2 Å². The zero-order valence-electron chi connectivity index (χ0n) is 10.0. The first-order valence-corrected chi connectivity index (χ1v) is 5.55. The molecule has 0 unspecified atom stereocenters. The number of hydrogen-bond donors (Lipinski definition) is 1. The lowest BCUT2D eigenvalue weighted by Crippen LogP contribution is -2.11. The van der Waals surface area contributed by atoms with Gasteiger partial charge in [-0.2, -0.15) is 0 Å². The van der Waals surface area contributed by atoms with Crippen molar-refractivity contribution in [1.29, 1.82) is 0 Å². The Labute approximate surface area is 97.9 Å². The number of nitrogens with one attached hydrogen (secondary N) is 1. The van der Waals surface area contributed by atoms with Gasteiger partial charge in [0.1, 0.15) is 0 Å². The molecule has 0 saturated carbocycles. The summed E-state index contributed by atoms with van der Waals surface area (Å²) < 4.78 is 1.90. The van der Waals surface area contributed by atoms with Crippen molar-refractivity contribution in [1.82, 2.24) is 14.4 Å². The molecule has 0 fully saturated rings. The van der Waals surface area contributed by atoms with E-state index >= 15 is 0 Å². The lowest BCUT2D eigenvalue weighted by atomic mass is 10.1. The fraction of sp³-hybridized carbons (Fsp3) is 0.231. The Balaban J connectivity index is 2.67. The molecule has 0 atom stereocenters. The van der Waals surface area contributed by atoms with Gasteiger partial charge >= 0.3 is 0 Å². The Morgan fingerprint density at radius 3 is 2.65 bits per heavy atom. The number of fused-ring (bicyclic) bond motifs is 3. The van der Waals surface area contributed by atoms with Crippen molar-refractivity contribution in [3.8, 4) is 0 Å². The minimum atomic E-state index is -0.145. The van der Waals surface area contributed by atoms with Gasteiger partial charge in [0, 0.05) is 11.9 Å². The van der Waals surface area contributed by atoms with Crippen LogP contribution in [0.1, 0.15) is 16.8 Å². The summed E-state index contributed by atoms with van der Waals surface area (Å²) >= 11 is 0. The third-order valence-electron chi connectivity index (χ3n) is 3.24. The maximum absolute atomic E-state index is 11.9. The number of aryl methyl sites for hydroxylation is 3. The van der Waals surface area contributed by atoms with Crippen molar-refractivity contribution < 1.29 is 0 Å². The number of benzene rings is 1. The highest BCUT2D eigenvalue weighted by Crippen LogP contribution is 2.18. The zero-order valence-corrected chi connectivity index (χ0v) is 10.0. The highest BCUT2D eigenvalue weighted by atomic mass is 16.1. The molecule has 2 heterocycles. The Hall–Kier alpha value is -2.10.